The molecule has 0 spiro atoms. The van der Waals surface area contributed by atoms with Crippen LogP contribution in [0.5, 0.6) is 0 Å². The summed E-state index contributed by atoms with van der Waals surface area (Å²) in [5, 5.41) is 1.64. The molecule has 4 nitrogen and oxygen atoms in total. The van der Waals surface area contributed by atoms with E-state index in [4.69, 9.17) is 0 Å². The van der Waals surface area contributed by atoms with Crippen molar-refractivity contribution >= 4 is 62.4 Å². The summed E-state index contributed by atoms with van der Waals surface area (Å²) in [6.07, 6.45) is 1.60. The maximum absolute atomic E-state index is 13.7. The quantitative estimate of drug-likeness (QED) is 0.260. The lowest BCUT2D eigenvalue weighted by Crippen LogP contribution is -2.34. The molecule has 0 unspecified atom stereocenters. The van der Waals surface area contributed by atoms with Crippen molar-refractivity contribution in [3.05, 3.63) is 65.3 Å². The molecule has 2 aromatic heterocycles. The van der Waals surface area contributed by atoms with Gasteiger partial charge >= 0.3 is 0 Å². The van der Waals surface area contributed by atoms with Crippen molar-refractivity contribution in [3.8, 4) is 0 Å². The van der Waals surface area contributed by atoms with Gasteiger partial charge in [-0.3, -0.25) is 9.69 Å². The van der Waals surface area contributed by atoms with Gasteiger partial charge in [0.25, 0.3) is 0 Å². The molecular formula is C23H19N3OS3. The predicted molar refractivity (Wildman–Crippen MR) is 126 cm³/mol. The fourth-order valence-electron chi connectivity index (χ4n) is 3.58. The van der Waals surface area contributed by atoms with Crippen molar-refractivity contribution in [2.45, 2.75) is 40.8 Å². The minimum atomic E-state index is -0.299. The summed E-state index contributed by atoms with van der Waals surface area (Å²) in [5.41, 5.74) is 3.07. The molecule has 150 valence electrons. The van der Waals surface area contributed by atoms with Crippen LogP contribution in [0.15, 0.2) is 69.7 Å². The Kier molecular flexibility index (Phi) is 5.05. The van der Waals surface area contributed by atoms with Crippen LogP contribution in [-0.4, -0.2) is 21.1 Å². The van der Waals surface area contributed by atoms with Crippen molar-refractivity contribution in [3.63, 3.8) is 0 Å². The average molecular weight is 450 g/mol. The molecule has 0 radical (unpaired) electrons. The van der Waals surface area contributed by atoms with Gasteiger partial charge in [0.05, 0.1) is 16.6 Å². The van der Waals surface area contributed by atoms with Gasteiger partial charge in [-0.05, 0) is 50.6 Å². The molecule has 0 bridgehead atoms. The van der Waals surface area contributed by atoms with Gasteiger partial charge < -0.3 is 0 Å². The fourth-order valence-corrected chi connectivity index (χ4v) is 6.72. The number of hydrogen-bond donors (Lipinski definition) is 0. The smallest absolute Gasteiger partial charge is 0.244 e. The number of aryl methyl sites for hydroxylation is 2. The number of carbonyl (C=O) groups excluding carboxylic acids is 1. The Labute approximate surface area is 187 Å². The minimum Gasteiger partial charge on any atom is -0.278 e. The van der Waals surface area contributed by atoms with E-state index in [-0.39, 0.29) is 11.2 Å². The van der Waals surface area contributed by atoms with Crippen LogP contribution in [0.3, 0.4) is 0 Å². The zero-order chi connectivity index (χ0) is 20.8. The summed E-state index contributed by atoms with van der Waals surface area (Å²) in [4.78, 5) is 28.9. The number of fused-ring (bicyclic) bond motifs is 3. The Morgan fingerprint density at radius 3 is 2.30 bits per heavy atom. The van der Waals surface area contributed by atoms with Crippen molar-refractivity contribution in [2.75, 3.05) is 4.90 Å². The highest BCUT2D eigenvalue weighted by atomic mass is 32.2. The first-order valence-corrected chi connectivity index (χ1v) is 12.1. The number of nitrogens with zero attached hydrogens (tertiary/aromatic N) is 3. The monoisotopic (exact) mass is 449 g/mol. The van der Waals surface area contributed by atoms with E-state index in [1.165, 1.54) is 22.2 Å². The number of carbonyl (C=O) groups is 1. The van der Waals surface area contributed by atoms with Crippen molar-refractivity contribution in [2.24, 2.45) is 0 Å². The highest BCUT2D eigenvalue weighted by molar-refractivity contribution is 8.00. The second-order valence-corrected chi connectivity index (χ2v) is 10.7. The van der Waals surface area contributed by atoms with Gasteiger partial charge in [-0.15, -0.1) is 11.3 Å². The lowest BCUT2D eigenvalue weighted by molar-refractivity contribution is -0.117. The average Bonchev–Trinajstić information content (AvgIpc) is 3.06. The molecule has 1 atom stereocenters. The number of amides is 1. The van der Waals surface area contributed by atoms with Crippen LogP contribution < -0.4 is 4.90 Å². The van der Waals surface area contributed by atoms with Gasteiger partial charge in [0.2, 0.25) is 5.91 Å². The number of thioether (sulfide) groups is 1. The Hall–Kier alpha value is -2.35. The zero-order valence-electron chi connectivity index (χ0n) is 16.7. The first-order chi connectivity index (χ1) is 14.5. The molecule has 0 fully saturated rings. The topological polar surface area (TPSA) is 46.1 Å². The van der Waals surface area contributed by atoms with E-state index >= 15 is 0 Å². The zero-order valence-corrected chi connectivity index (χ0v) is 19.2. The molecule has 1 amide bonds. The van der Waals surface area contributed by atoms with Gasteiger partial charge in [-0.2, -0.15) is 0 Å². The largest absolute Gasteiger partial charge is 0.278 e. The van der Waals surface area contributed by atoms with Crippen molar-refractivity contribution in [1.29, 1.82) is 0 Å². The Bertz CT molecular complexity index is 1240. The van der Waals surface area contributed by atoms with E-state index in [1.807, 2.05) is 48.2 Å². The molecule has 7 heteroatoms. The van der Waals surface area contributed by atoms with Crippen LogP contribution in [0.1, 0.15) is 17.4 Å². The van der Waals surface area contributed by atoms with E-state index in [2.05, 4.69) is 35.9 Å². The van der Waals surface area contributed by atoms with E-state index in [9.17, 15) is 4.79 Å². The highest BCUT2D eigenvalue weighted by Gasteiger charge is 2.31. The molecule has 1 aliphatic heterocycles. The van der Waals surface area contributed by atoms with Crippen LogP contribution in [0.2, 0.25) is 0 Å². The predicted octanol–water partition coefficient (Wildman–Crippen LogP) is 6.62. The Morgan fingerprint density at radius 1 is 1.00 bits per heavy atom. The van der Waals surface area contributed by atoms with Crippen LogP contribution in [0.25, 0.3) is 10.2 Å². The number of benzene rings is 2. The number of para-hydroxylation sites is 2. The Balaban J connectivity index is 1.53. The number of aromatic nitrogens is 2. The van der Waals surface area contributed by atoms with Gasteiger partial charge in [-0.1, -0.05) is 47.8 Å². The summed E-state index contributed by atoms with van der Waals surface area (Å²) in [6, 6.07) is 16.2. The van der Waals surface area contributed by atoms with Crippen molar-refractivity contribution < 1.29 is 4.79 Å². The van der Waals surface area contributed by atoms with Crippen molar-refractivity contribution in [1.82, 2.24) is 9.97 Å². The van der Waals surface area contributed by atoms with Gasteiger partial charge in [0.15, 0.2) is 0 Å². The third kappa shape index (κ3) is 3.21. The van der Waals surface area contributed by atoms with E-state index in [1.54, 1.807) is 29.4 Å². The minimum absolute atomic E-state index is 0.0524. The second kappa shape index (κ2) is 7.72. The van der Waals surface area contributed by atoms with Crippen LogP contribution in [0, 0.1) is 13.8 Å². The number of hydrogen-bond acceptors (Lipinski definition) is 6. The number of thiophene rings is 1. The molecular weight excluding hydrogens is 430 g/mol. The van der Waals surface area contributed by atoms with Gasteiger partial charge in [0.1, 0.15) is 16.2 Å². The SMILES string of the molecule is Cc1sc2ncnc(S[C@@H](C)C(=O)N3c4ccccc4Sc4ccccc43)c2c1C. The lowest BCUT2D eigenvalue weighted by atomic mass is 10.2. The summed E-state index contributed by atoms with van der Waals surface area (Å²) in [7, 11) is 0. The first kappa shape index (κ1) is 19.6. The molecule has 4 aromatic rings. The number of rotatable bonds is 3. The summed E-state index contributed by atoms with van der Waals surface area (Å²) in [5.74, 6) is 0.0524. The molecule has 1 aliphatic rings. The summed E-state index contributed by atoms with van der Waals surface area (Å²) in [6.45, 7) is 6.16. The Morgan fingerprint density at radius 2 is 1.63 bits per heavy atom. The van der Waals surface area contributed by atoms with Crippen LogP contribution in [-0.2, 0) is 4.79 Å². The van der Waals surface area contributed by atoms with Crippen LogP contribution >= 0.6 is 34.9 Å². The molecule has 2 aromatic carbocycles. The summed E-state index contributed by atoms with van der Waals surface area (Å²) >= 11 is 4.89. The molecule has 0 aliphatic carbocycles. The molecule has 0 N–H and O–H groups in total. The van der Waals surface area contributed by atoms with Gasteiger partial charge in [-0.25, -0.2) is 9.97 Å². The maximum Gasteiger partial charge on any atom is 0.244 e. The standard InChI is InChI=1S/C23H19N3OS3/c1-13-14(2)28-21-20(13)22(25-12-24-21)29-15(3)23(27)26-16-8-4-6-10-18(16)30-19-11-7-5-9-17(19)26/h4-12,15H,1-3H3/t15-/m0/s1. The molecule has 5 rings (SSSR count). The summed E-state index contributed by atoms with van der Waals surface area (Å²) < 4.78 is 0. The van der Waals surface area contributed by atoms with E-state index < -0.39 is 0 Å². The molecule has 0 saturated carbocycles. The fraction of sp³-hybridized carbons (Fsp3) is 0.174. The maximum atomic E-state index is 13.7. The lowest BCUT2D eigenvalue weighted by Gasteiger charge is -2.32. The molecule has 30 heavy (non-hydrogen) atoms. The third-order valence-corrected chi connectivity index (χ3v) is 8.55. The molecule has 0 saturated heterocycles. The molecule has 3 heterocycles. The van der Waals surface area contributed by atoms with E-state index in [0.29, 0.717) is 0 Å². The highest BCUT2D eigenvalue weighted by Crippen LogP contribution is 2.48. The second-order valence-electron chi connectivity index (χ2n) is 7.11. The van der Waals surface area contributed by atoms with Gasteiger partial charge in [0, 0.05) is 20.1 Å². The number of anilines is 2. The van der Waals surface area contributed by atoms with Crippen LogP contribution in [0.4, 0.5) is 11.4 Å². The third-order valence-electron chi connectivity index (χ3n) is 5.22. The normalized spacial score (nSPS) is 13.8. The van der Waals surface area contributed by atoms with E-state index in [0.717, 1.165) is 36.4 Å². The first-order valence-electron chi connectivity index (χ1n) is 9.62.